The van der Waals surface area contributed by atoms with Crippen LogP contribution in [0, 0.1) is 0 Å². The molecule has 15 heavy (non-hydrogen) atoms. The molecule has 0 saturated carbocycles. The van der Waals surface area contributed by atoms with Gasteiger partial charge in [0.25, 0.3) is 0 Å². The Morgan fingerprint density at radius 2 is 2.20 bits per heavy atom. The minimum Gasteiger partial charge on any atom is -0.320 e. The van der Waals surface area contributed by atoms with Gasteiger partial charge in [-0.05, 0) is 12.0 Å². The van der Waals surface area contributed by atoms with Gasteiger partial charge in [-0.15, -0.1) is 0 Å². The third-order valence-electron chi connectivity index (χ3n) is 3.60. The van der Waals surface area contributed by atoms with Crippen LogP contribution in [-0.4, -0.2) is 17.3 Å². The van der Waals surface area contributed by atoms with E-state index < -0.39 is 0 Å². The summed E-state index contributed by atoms with van der Waals surface area (Å²) in [5, 5.41) is 0. The molecular weight excluding hydrogens is 184 g/mol. The van der Waals surface area contributed by atoms with E-state index in [0.717, 1.165) is 19.4 Å². The van der Waals surface area contributed by atoms with E-state index in [1.54, 1.807) is 0 Å². The Hall–Kier alpha value is -1.57. The number of allylic oxidation sites excluding steroid dienone is 1. The van der Waals surface area contributed by atoms with Crippen LogP contribution in [0.5, 0.6) is 0 Å². The van der Waals surface area contributed by atoms with Crippen LogP contribution in [0.25, 0.3) is 5.70 Å². The van der Waals surface area contributed by atoms with Crippen molar-refractivity contribution in [2.45, 2.75) is 18.9 Å². The number of fused-ring (bicyclic) bond motifs is 3. The van der Waals surface area contributed by atoms with Gasteiger partial charge in [0.05, 0.1) is 12.6 Å². The Morgan fingerprint density at radius 1 is 1.27 bits per heavy atom. The Morgan fingerprint density at radius 3 is 3.20 bits per heavy atom. The van der Waals surface area contributed by atoms with Crippen LogP contribution in [0.4, 0.5) is 0 Å². The quantitative estimate of drug-likeness (QED) is 0.622. The lowest BCUT2D eigenvalue weighted by atomic mass is 10.0. The first-order valence-electron chi connectivity index (χ1n) is 5.57. The van der Waals surface area contributed by atoms with E-state index in [9.17, 15) is 0 Å². The molecular formula is C13H12N2. The first kappa shape index (κ1) is 7.69. The van der Waals surface area contributed by atoms with Crippen molar-refractivity contribution < 1.29 is 0 Å². The summed E-state index contributed by atoms with van der Waals surface area (Å²) in [5.41, 5.74) is 4.29. The predicted octanol–water partition coefficient (Wildman–Crippen LogP) is 2.59. The van der Waals surface area contributed by atoms with E-state index in [-0.39, 0.29) is 0 Å². The average Bonchev–Trinajstić information content (AvgIpc) is 2.85. The lowest BCUT2D eigenvalue weighted by molar-refractivity contribution is 0.490. The van der Waals surface area contributed by atoms with Crippen molar-refractivity contribution in [2.24, 2.45) is 4.99 Å². The van der Waals surface area contributed by atoms with Crippen LogP contribution in [0.15, 0.2) is 35.3 Å². The molecule has 2 heteroatoms. The van der Waals surface area contributed by atoms with Crippen molar-refractivity contribution >= 4 is 11.5 Å². The number of benzene rings is 1. The molecule has 3 heterocycles. The van der Waals surface area contributed by atoms with Crippen molar-refractivity contribution in [3.8, 4) is 0 Å². The van der Waals surface area contributed by atoms with Gasteiger partial charge < -0.3 is 4.90 Å². The molecule has 1 atom stereocenters. The molecule has 0 aliphatic carbocycles. The van der Waals surface area contributed by atoms with Crippen LogP contribution < -0.4 is 0 Å². The van der Waals surface area contributed by atoms with Gasteiger partial charge in [-0.2, -0.15) is 0 Å². The van der Waals surface area contributed by atoms with E-state index in [1.165, 1.54) is 22.7 Å². The van der Waals surface area contributed by atoms with Gasteiger partial charge in [-0.3, -0.25) is 4.99 Å². The fraction of sp³-hybridized carbons (Fsp3) is 0.308. The second-order valence-corrected chi connectivity index (χ2v) is 4.36. The van der Waals surface area contributed by atoms with Crippen molar-refractivity contribution in [1.29, 1.82) is 0 Å². The van der Waals surface area contributed by atoms with E-state index in [0.29, 0.717) is 6.04 Å². The van der Waals surface area contributed by atoms with Crippen LogP contribution in [0.2, 0.25) is 0 Å². The number of hydrogen-bond acceptors (Lipinski definition) is 2. The minimum absolute atomic E-state index is 0.503. The smallest absolute Gasteiger partial charge is 0.104 e. The summed E-state index contributed by atoms with van der Waals surface area (Å²) in [4.78, 5) is 7.08. The van der Waals surface area contributed by atoms with Crippen molar-refractivity contribution in [1.82, 2.24) is 4.90 Å². The molecule has 3 aliphatic heterocycles. The fourth-order valence-electron chi connectivity index (χ4n) is 2.97. The highest BCUT2D eigenvalue weighted by Gasteiger charge is 2.40. The maximum absolute atomic E-state index is 4.64. The van der Waals surface area contributed by atoms with Crippen molar-refractivity contribution in [3.05, 3.63) is 41.5 Å². The summed E-state index contributed by atoms with van der Waals surface area (Å²) < 4.78 is 0. The van der Waals surface area contributed by atoms with Gasteiger partial charge in [0.2, 0.25) is 0 Å². The second-order valence-electron chi connectivity index (χ2n) is 4.36. The molecule has 0 spiro atoms. The zero-order valence-corrected chi connectivity index (χ0v) is 8.48. The maximum Gasteiger partial charge on any atom is 0.104 e. The predicted molar refractivity (Wildman–Crippen MR) is 60.5 cm³/mol. The molecule has 0 bridgehead atoms. The fourth-order valence-corrected chi connectivity index (χ4v) is 2.97. The monoisotopic (exact) mass is 196 g/mol. The molecule has 1 aromatic carbocycles. The molecule has 1 aromatic rings. The summed E-state index contributed by atoms with van der Waals surface area (Å²) in [5.74, 6) is 1.30. The number of rotatable bonds is 0. The number of hydrogen-bond donors (Lipinski definition) is 0. The molecule has 74 valence electrons. The first-order chi connectivity index (χ1) is 7.45. The highest BCUT2D eigenvalue weighted by Crippen LogP contribution is 2.46. The molecule has 0 saturated heterocycles. The summed E-state index contributed by atoms with van der Waals surface area (Å²) in [6, 6.07) is 9.26. The van der Waals surface area contributed by atoms with E-state index in [4.69, 9.17) is 0 Å². The Balaban J connectivity index is 2.00. The average molecular weight is 196 g/mol. The zero-order valence-electron chi connectivity index (χ0n) is 8.48. The van der Waals surface area contributed by atoms with E-state index >= 15 is 0 Å². The Bertz CT molecular complexity index is 499. The minimum atomic E-state index is 0.503. The van der Waals surface area contributed by atoms with Gasteiger partial charge in [0.15, 0.2) is 0 Å². The molecule has 0 amide bonds. The normalized spacial score (nSPS) is 25.9. The van der Waals surface area contributed by atoms with Crippen LogP contribution in [-0.2, 0) is 0 Å². The third kappa shape index (κ3) is 0.827. The van der Waals surface area contributed by atoms with Crippen LogP contribution >= 0.6 is 0 Å². The van der Waals surface area contributed by atoms with E-state index in [2.05, 4.69) is 40.2 Å². The molecule has 3 aliphatic rings. The van der Waals surface area contributed by atoms with Crippen LogP contribution in [0.3, 0.4) is 0 Å². The van der Waals surface area contributed by atoms with Gasteiger partial charge in [-0.1, -0.05) is 30.3 Å². The SMILES string of the molecule is C1=C2c3ccccc3C3CN=C(CC1)N23. The van der Waals surface area contributed by atoms with E-state index in [1.807, 2.05) is 0 Å². The third-order valence-corrected chi connectivity index (χ3v) is 3.60. The standard InChI is InChI=1S/C13H12N2/c1-2-5-10-9(4-1)11-6-3-7-13-14-8-12(10)15(11)13/h1-2,4-6,12H,3,7-8H2. The highest BCUT2D eigenvalue weighted by atomic mass is 15.3. The van der Waals surface area contributed by atoms with Gasteiger partial charge >= 0.3 is 0 Å². The molecule has 4 rings (SSSR count). The maximum atomic E-state index is 4.64. The highest BCUT2D eigenvalue weighted by molar-refractivity contribution is 5.97. The van der Waals surface area contributed by atoms with Crippen molar-refractivity contribution in [3.63, 3.8) is 0 Å². The number of aliphatic imine (C=N–C) groups is 1. The molecule has 1 unspecified atom stereocenters. The Labute approximate surface area is 88.9 Å². The number of nitrogens with zero attached hydrogens (tertiary/aromatic N) is 2. The first-order valence-corrected chi connectivity index (χ1v) is 5.57. The van der Waals surface area contributed by atoms with Gasteiger partial charge in [-0.25, -0.2) is 0 Å². The summed E-state index contributed by atoms with van der Waals surface area (Å²) in [7, 11) is 0. The molecule has 0 aromatic heterocycles. The second kappa shape index (κ2) is 2.51. The zero-order chi connectivity index (χ0) is 9.83. The Kier molecular flexibility index (Phi) is 1.29. The van der Waals surface area contributed by atoms with Gasteiger partial charge in [0.1, 0.15) is 5.84 Å². The lowest BCUT2D eigenvalue weighted by Gasteiger charge is -2.25. The molecule has 0 N–H and O–H groups in total. The largest absolute Gasteiger partial charge is 0.320 e. The molecule has 0 fully saturated rings. The summed E-state index contributed by atoms with van der Waals surface area (Å²) >= 11 is 0. The van der Waals surface area contributed by atoms with Gasteiger partial charge in [0, 0.05) is 17.7 Å². The van der Waals surface area contributed by atoms with Crippen molar-refractivity contribution in [2.75, 3.05) is 6.54 Å². The van der Waals surface area contributed by atoms with Crippen LogP contribution in [0.1, 0.15) is 30.0 Å². The number of amidine groups is 1. The molecule has 2 nitrogen and oxygen atoms in total. The molecule has 0 radical (unpaired) electrons. The summed E-state index contributed by atoms with van der Waals surface area (Å²) in [6.07, 6.45) is 4.63. The summed E-state index contributed by atoms with van der Waals surface area (Å²) in [6.45, 7) is 0.948. The topological polar surface area (TPSA) is 15.6 Å². The lowest BCUT2D eigenvalue weighted by Crippen LogP contribution is -2.26.